The molecular formula is C25H26ClN5O4S. The number of nitrogen functional groups attached to an aromatic ring is 1. The molecule has 2 heterocycles. The lowest BCUT2D eigenvalue weighted by molar-refractivity contribution is 0.0937. The van der Waals surface area contributed by atoms with Gasteiger partial charge in [0.05, 0.1) is 11.4 Å². The van der Waals surface area contributed by atoms with Gasteiger partial charge in [-0.2, -0.15) is 4.31 Å². The van der Waals surface area contributed by atoms with E-state index in [-0.39, 0.29) is 16.8 Å². The van der Waals surface area contributed by atoms with E-state index in [9.17, 15) is 13.2 Å². The third-order valence-corrected chi connectivity index (χ3v) is 8.68. The van der Waals surface area contributed by atoms with E-state index in [1.807, 2.05) is 12.1 Å². The smallest absolute Gasteiger partial charge is 0.414 e. The summed E-state index contributed by atoms with van der Waals surface area (Å²) in [7, 11) is -3.63. The first-order chi connectivity index (χ1) is 17.2. The molecule has 2 fully saturated rings. The normalized spacial score (nSPS) is 19.5. The van der Waals surface area contributed by atoms with Gasteiger partial charge in [-0.15, -0.1) is 0 Å². The highest BCUT2D eigenvalue weighted by Gasteiger charge is 2.35. The summed E-state index contributed by atoms with van der Waals surface area (Å²) in [4.78, 5) is 16.4. The van der Waals surface area contributed by atoms with Crippen LogP contribution >= 0.6 is 11.6 Å². The number of carbonyl (C=O) groups excluding carboxylic acids is 1. The van der Waals surface area contributed by atoms with Crippen molar-refractivity contribution in [2.45, 2.75) is 11.0 Å². The molecule has 1 unspecified atom stereocenters. The maximum Gasteiger partial charge on any atom is 0.414 e. The van der Waals surface area contributed by atoms with Gasteiger partial charge in [0.1, 0.15) is 11.9 Å². The van der Waals surface area contributed by atoms with Gasteiger partial charge in [-0.1, -0.05) is 35.9 Å². The van der Waals surface area contributed by atoms with E-state index in [0.717, 1.165) is 10.8 Å². The van der Waals surface area contributed by atoms with Crippen molar-refractivity contribution in [2.24, 2.45) is 5.73 Å². The lowest BCUT2D eigenvalue weighted by Gasteiger charge is -2.34. The van der Waals surface area contributed by atoms with E-state index in [2.05, 4.69) is 4.90 Å². The number of nitrogens with two attached hydrogens (primary N) is 1. The van der Waals surface area contributed by atoms with Crippen molar-refractivity contribution in [2.75, 3.05) is 44.2 Å². The van der Waals surface area contributed by atoms with Gasteiger partial charge in [0, 0.05) is 49.0 Å². The SMILES string of the molecule is N=C(N)c1cccc(N2CC(CN3CCN(S(=O)(=O)c4ccc5cc(Cl)ccc5c4)CC3)OC2=O)c1. The van der Waals surface area contributed by atoms with Crippen LogP contribution in [0.25, 0.3) is 10.8 Å². The van der Waals surface area contributed by atoms with Crippen LogP contribution in [-0.2, 0) is 14.8 Å². The summed E-state index contributed by atoms with van der Waals surface area (Å²) < 4.78 is 33.6. The van der Waals surface area contributed by atoms with Crippen LogP contribution in [0.1, 0.15) is 5.56 Å². The van der Waals surface area contributed by atoms with E-state index in [1.165, 1.54) is 9.21 Å². The molecule has 2 aliphatic rings. The summed E-state index contributed by atoms with van der Waals surface area (Å²) in [5.74, 6) is -0.0677. The zero-order chi connectivity index (χ0) is 25.4. The number of rotatable bonds is 6. The molecule has 1 amide bonds. The first-order valence-corrected chi connectivity index (χ1v) is 13.4. The summed E-state index contributed by atoms with van der Waals surface area (Å²) in [6.07, 6.45) is -0.784. The van der Waals surface area contributed by atoms with Crippen LogP contribution in [0.3, 0.4) is 0 Å². The van der Waals surface area contributed by atoms with Crippen molar-refractivity contribution in [3.05, 3.63) is 71.2 Å². The Hall–Kier alpha value is -3.18. The van der Waals surface area contributed by atoms with Gasteiger partial charge in [0.15, 0.2) is 0 Å². The van der Waals surface area contributed by atoms with Crippen LogP contribution in [0.5, 0.6) is 0 Å². The molecule has 3 aromatic carbocycles. The summed E-state index contributed by atoms with van der Waals surface area (Å²) in [6.45, 7) is 2.67. The Balaban J connectivity index is 1.20. The number of halogens is 1. The fourth-order valence-corrected chi connectivity index (χ4v) is 6.25. The number of nitrogens with one attached hydrogen (secondary N) is 1. The standard InChI is InChI=1S/C25H26ClN5O4S/c26-20-6-4-18-14-23(7-5-17(18)12-20)36(33,34)30-10-8-29(9-11-30)15-22-16-31(25(32)35-22)21-3-1-2-19(13-21)24(27)28/h1-7,12-14,22H,8-11,15-16H2,(H3,27,28). The average Bonchev–Trinajstić information content (AvgIpc) is 3.23. The summed E-state index contributed by atoms with van der Waals surface area (Å²) in [5.41, 5.74) is 6.73. The van der Waals surface area contributed by atoms with Crippen molar-refractivity contribution < 1.29 is 17.9 Å². The van der Waals surface area contributed by atoms with Crippen LogP contribution in [0.2, 0.25) is 5.02 Å². The summed E-state index contributed by atoms with van der Waals surface area (Å²) >= 11 is 6.04. The molecule has 36 heavy (non-hydrogen) atoms. The molecule has 0 spiro atoms. The van der Waals surface area contributed by atoms with Gasteiger partial charge in [0.25, 0.3) is 0 Å². The van der Waals surface area contributed by atoms with Gasteiger partial charge in [-0.05, 0) is 47.2 Å². The van der Waals surface area contributed by atoms with Gasteiger partial charge >= 0.3 is 6.09 Å². The van der Waals surface area contributed by atoms with E-state index in [0.29, 0.717) is 55.5 Å². The molecule has 2 aliphatic heterocycles. The number of ether oxygens (including phenoxy) is 1. The number of piperazine rings is 1. The van der Waals surface area contributed by atoms with E-state index in [1.54, 1.807) is 48.5 Å². The second-order valence-electron chi connectivity index (χ2n) is 8.94. The molecule has 2 saturated heterocycles. The fourth-order valence-electron chi connectivity index (χ4n) is 4.61. The number of cyclic esters (lactones) is 1. The predicted octanol–water partition coefficient (Wildman–Crippen LogP) is 3.11. The van der Waals surface area contributed by atoms with Gasteiger partial charge in [0.2, 0.25) is 10.0 Å². The Labute approximate surface area is 214 Å². The fraction of sp³-hybridized carbons (Fsp3) is 0.280. The van der Waals surface area contributed by atoms with Crippen molar-refractivity contribution in [1.82, 2.24) is 9.21 Å². The summed E-state index contributed by atoms with van der Waals surface area (Å²) in [6, 6.07) is 17.4. The third kappa shape index (κ3) is 4.90. The minimum Gasteiger partial charge on any atom is -0.443 e. The Morgan fingerprint density at radius 1 is 1.03 bits per heavy atom. The number of fused-ring (bicyclic) bond motifs is 1. The Morgan fingerprint density at radius 2 is 1.75 bits per heavy atom. The van der Waals surface area contributed by atoms with Crippen LogP contribution in [0.15, 0.2) is 65.6 Å². The van der Waals surface area contributed by atoms with Crippen LogP contribution in [-0.4, -0.2) is 74.9 Å². The average molecular weight is 528 g/mol. The van der Waals surface area contributed by atoms with Crippen molar-refractivity contribution in [1.29, 1.82) is 5.41 Å². The molecule has 3 aromatic rings. The van der Waals surface area contributed by atoms with Gasteiger partial charge in [-0.25, -0.2) is 13.2 Å². The number of hydrogen-bond acceptors (Lipinski definition) is 6. The minimum atomic E-state index is -3.63. The molecule has 9 nitrogen and oxygen atoms in total. The Morgan fingerprint density at radius 3 is 2.50 bits per heavy atom. The monoisotopic (exact) mass is 527 g/mol. The highest BCUT2D eigenvalue weighted by atomic mass is 35.5. The maximum absolute atomic E-state index is 13.2. The van der Waals surface area contributed by atoms with Crippen LogP contribution < -0.4 is 10.6 Å². The van der Waals surface area contributed by atoms with E-state index >= 15 is 0 Å². The molecule has 5 rings (SSSR count). The molecule has 0 bridgehead atoms. The molecule has 0 aliphatic carbocycles. The number of amidine groups is 1. The zero-order valence-corrected chi connectivity index (χ0v) is 21.0. The number of sulfonamides is 1. The number of anilines is 1. The Bertz CT molecular complexity index is 1440. The van der Waals surface area contributed by atoms with E-state index in [4.69, 9.17) is 27.5 Å². The lowest BCUT2D eigenvalue weighted by atomic mass is 10.1. The highest BCUT2D eigenvalue weighted by Crippen LogP contribution is 2.26. The highest BCUT2D eigenvalue weighted by molar-refractivity contribution is 7.89. The van der Waals surface area contributed by atoms with Crippen LogP contribution in [0, 0.1) is 5.41 Å². The predicted molar refractivity (Wildman–Crippen MR) is 139 cm³/mol. The maximum atomic E-state index is 13.2. The number of hydrogen-bond donors (Lipinski definition) is 2. The molecule has 3 N–H and O–H groups in total. The molecule has 1 atom stereocenters. The molecule has 0 saturated carbocycles. The van der Waals surface area contributed by atoms with E-state index < -0.39 is 16.1 Å². The largest absolute Gasteiger partial charge is 0.443 e. The molecular weight excluding hydrogens is 502 g/mol. The minimum absolute atomic E-state index is 0.0677. The number of amides is 1. The number of nitrogens with zero attached hydrogens (tertiary/aromatic N) is 3. The number of benzene rings is 3. The Kier molecular flexibility index (Phi) is 6.60. The first kappa shape index (κ1) is 24.5. The summed E-state index contributed by atoms with van der Waals surface area (Å²) in [5, 5.41) is 9.92. The molecule has 11 heteroatoms. The van der Waals surface area contributed by atoms with Crippen molar-refractivity contribution >= 4 is 50.0 Å². The second-order valence-corrected chi connectivity index (χ2v) is 11.3. The number of carbonyl (C=O) groups is 1. The van der Waals surface area contributed by atoms with Crippen molar-refractivity contribution in [3.8, 4) is 0 Å². The zero-order valence-electron chi connectivity index (χ0n) is 19.4. The van der Waals surface area contributed by atoms with Gasteiger partial charge in [-0.3, -0.25) is 15.2 Å². The van der Waals surface area contributed by atoms with Crippen LogP contribution in [0.4, 0.5) is 10.5 Å². The second kappa shape index (κ2) is 9.70. The van der Waals surface area contributed by atoms with Crippen molar-refractivity contribution in [3.63, 3.8) is 0 Å². The molecule has 188 valence electrons. The topological polar surface area (TPSA) is 120 Å². The quantitative estimate of drug-likeness (QED) is 0.375. The third-order valence-electron chi connectivity index (χ3n) is 6.55. The first-order valence-electron chi connectivity index (χ1n) is 11.6. The lowest BCUT2D eigenvalue weighted by Crippen LogP contribution is -2.50. The van der Waals surface area contributed by atoms with Gasteiger partial charge < -0.3 is 10.5 Å². The molecule has 0 radical (unpaired) electrons. The molecule has 0 aromatic heterocycles.